The molecule has 2 aromatic heterocycles. The fourth-order valence-corrected chi connectivity index (χ4v) is 3.25. The van der Waals surface area contributed by atoms with Gasteiger partial charge in [-0.1, -0.05) is 0 Å². The molecule has 1 amide bonds. The minimum atomic E-state index is -0.361. The van der Waals surface area contributed by atoms with Gasteiger partial charge in [-0.05, 0) is 56.3 Å². The zero-order chi connectivity index (χ0) is 20.5. The van der Waals surface area contributed by atoms with E-state index in [1.54, 1.807) is 31.4 Å². The number of H-pyrrole nitrogens is 1. The number of carbonyl (C=O) groups is 1. The fourth-order valence-electron chi connectivity index (χ4n) is 3.25. The Morgan fingerprint density at radius 2 is 1.97 bits per heavy atom. The van der Waals surface area contributed by atoms with Crippen LogP contribution in [-0.2, 0) is 0 Å². The molecule has 4 rings (SSSR count). The number of nitrogens with one attached hydrogen (secondary N) is 2. The van der Waals surface area contributed by atoms with Gasteiger partial charge >= 0.3 is 0 Å². The monoisotopic (exact) mass is 393 g/mol. The average molecular weight is 393 g/mol. The maximum atomic E-state index is 13.4. The number of amides is 1. The molecule has 7 heteroatoms. The van der Waals surface area contributed by atoms with Gasteiger partial charge in [0.15, 0.2) is 0 Å². The van der Waals surface area contributed by atoms with E-state index in [9.17, 15) is 9.18 Å². The lowest BCUT2D eigenvalue weighted by Gasteiger charge is -2.14. The number of carbonyl (C=O) groups excluding carboxylic acids is 1. The second kappa shape index (κ2) is 7.43. The number of aromatic nitrogens is 2. The molecule has 0 radical (unpaired) electrons. The SMILES string of the molecule is CNC(=O)c1c(-c2ccc(F)cc2)oc2cc(-c3ccn[nH]3)c(OC(C)C)cc12. The number of halogens is 1. The molecule has 6 nitrogen and oxygen atoms in total. The van der Waals surface area contributed by atoms with Crippen molar-refractivity contribution in [1.29, 1.82) is 0 Å². The molecule has 2 aromatic carbocycles. The molecule has 0 aliphatic heterocycles. The lowest BCUT2D eigenvalue weighted by Crippen LogP contribution is -2.18. The summed E-state index contributed by atoms with van der Waals surface area (Å²) in [5, 5.41) is 10.2. The second-order valence-corrected chi connectivity index (χ2v) is 6.87. The van der Waals surface area contributed by atoms with Gasteiger partial charge in [0, 0.05) is 29.8 Å². The number of rotatable bonds is 5. The van der Waals surface area contributed by atoms with E-state index >= 15 is 0 Å². The van der Waals surface area contributed by atoms with Gasteiger partial charge in [0.2, 0.25) is 0 Å². The number of ether oxygens (including phenoxy) is 1. The van der Waals surface area contributed by atoms with Gasteiger partial charge in [-0.3, -0.25) is 9.89 Å². The van der Waals surface area contributed by atoms with Crippen LogP contribution in [0.5, 0.6) is 5.75 Å². The molecule has 148 valence electrons. The van der Waals surface area contributed by atoms with Crippen LogP contribution in [0, 0.1) is 5.82 Å². The molecule has 4 aromatic rings. The third-order valence-electron chi connectivity index (χ3n) is 4.50. The summed E-state index contributed by atoms with van der Waals surface area (Å²) in [7, 11) is 1.56. The predicted octanol–water partition coefficient (Wildman–Crippen LogP) is 4.78. The first kappa shape index (κ1) is 18.7. The van der Waals surface area contributed by atoms with Crippen molar-refractivity contribution in [2.75, 3.05) is 7.05 Å². The molecule has 2 N–H and O–H groups in total. The number of nitrogens with zero attached hydrogens (tertiary/aromatic N) is 1. The summed E-state index contributed by atoms with van der Waals surface area (Å²) >= 11 is 0. The molecule has 0 saturated heterocycles. The number of benzene rings is 2. The summed E-state index contributed by atoms with van der Waals surface area (Å²) in [4.78, 5) is 12.7. The number of hydrogen-bond acceptors (Lipinski definition) is 4. The molecular formula is C22H20FN3O3. The Morgan fingerprint density at radius 1 is 1.21 bits per heavy atom. The van der Waals surface area contributed by atoms with E-state index in [1.807, 2.05) is 26.0 Å². The van der Waals surface area contributed by atoms with Crippen molar-refractivity contribution in [1.82, 2.24) is 15.5 Å². The Balaban J connectivity index is 2.00. The first-order valence-corrected chi connectivity index (χ1v) is 9.23. The highest BCUT2D eigenvalue weighted by Crippen LogP contribution is 2.40. The largest absolute Gasteiger partial charge is 0.490 e. The molecule has 0 aliphatic rings. The van der Waals surface area contributed by atoms with E-state index in [0.717, 1.165) is 11.3 Å². The third-order valence-corrected chi connectivity index (χ3v) is 4.50. The van der Waals surface area contributed by atoms with Crippen LogP contribution < -0.4 is 10.1 Å². The van der Waals surface area contributed by atoms with E-state index in [2.05, 4.69) is 15.5 Å². The average Bonchev–Trinajstić information content (AvgIpc) is 3.34. The van der Waals surface area contributed by atoms with Crippen LogP contribution >= 0.6 is 0 Å². The molecule has 0 saturated carbocycles. The van der Waals surface area contributed by atoms with Crippen molar-refractivity contribution in [2.24, 2.45) is 0 Å². The first-order valence-electron chi connectivity index (χ1n) is 9.23. The molecular weight excluding hydrogens is 373 g/mol. The van der Waals surface area contributed by atoms with E-state index < -0.39 is 0 Å². The van der Waals surface area contributed by atoms with Gasteiger partial charge < -0.3 is 14.5 Å². The van der Waals surface area contributed by atoms with Gasteiger partial charge in [0.05, 0.1) is 17.4 Å². The van der Waals surface area contributed by atoms with Crippen LogP contribution in [0.2, 0.25) is 0 Å². The molecule has 0 bridgehead atoms. The van der Waals surface area contributed by atoms with E-state index in [1.165, 1.54) is 12.1 Å². The van der Waals surface area contributed by atoms with Crippen LogP contribution in [0.3, 0.4) is 0 Å². The van der Waals surface area contributed by atoms with Gasteiger partial charge in [-0.2, -0.15) is 5.10 Å². The van der Waals surface area contributed by atoms with Crippen molar-refractivity contribution in [3.63, 3.8) is 0 Å². The Bertz CT molecular complexity index is 1160. The van der Waals surface area contributed by atoms with Crippen molar-refractivity contribution in [2.45, 2.75) is 20.0 Å². The maximum Gasteiger partial charge on any atom is 0.255 e. The smallest absolute Gasteiger partial charge is 0.255 e. The first-order chi connectivity index (χ1) is 14.0. The summed E-state index contributed by atoms with van der Waals surface area (Å²) < 4.78 is 25.5. The highest BCUT2D eigenvalue weighted by molar-refractivity contribution is 6.12. The van der Waals surface area contributed by atoms with Crippen molar-refractivity contribution in [3.8, 4) is 28.3 Å². The van der Waals surface area contributed by atoms with Crippen LogP contribution in [0.1, 0.15) is 24.2 Å². The van der Waals surface area contributed by atoms with Gasteiger partial charge in [-0.25, -0.2) is 4.39 Å². The van der Waals surface area contributed by atoms with E-state index in [4.69, 9.17) is 9.15 Å². The van der Waals surface area contributed by atoms with Crippen molar-refractivity contribution < 1.29 is 18.3 Å². The minimum absolute atomic E-state index is 0.0685. The summed E-state index contributed by atoms with van der Waals surface area (Å²) in [6.07, 6.45) is 1.59. The van der Waals surface area contributed by atoms with Crippen LogP contribution in [0.15, 0.2) is 53.1 Å². The molecule has 2 heterocycles. The number of hydrogen-bond donors (Lipinski definition) is 2. The predicted molar refractivity (Wildman–Crippen MR) is 108 cm³/mol. The molecule has 0 atom stereocenters. The normalized spacial score (nSPS) is 11.2. The number of aromatic amines is 1. The summed E-state index contributed by atoms with van der Waals surface area (Å²) in [6.45, 7) is 3.86. The van der Waals surface area contributed by atoms with Gasteiger partial charge in [-0.15, -0.1) is 0 Å². The van der Waals surface area contributed by atoms with Crippen LogP contribution in [0.4, 0.5) is 4.39 Å². The summed E-state index contributed by atoms with van der Waals surface area (Å²) in [5.41, 5.74) is 3.04. The fraction of sp³-hybridized carbons (Fsp3) is 0.182. The highest BCUT2D eigenvalue weighted by atomic mass is 19.1. The highest BCUT2D eigenvalue weighted by Gasteiger charge is 2.24. The lowest BCUT2D eigenvalue weighted by molar-refractivity contribution is 0.0964. The van der Waals surface area contributed by atoms with E-state index in [-0.39, 0.29) is 17.8 Å². The third kappa shape index (κ3) is 3.47. The molecule has 0 spiro atoms. The maximum absolute atomic E-state index is 13.4. The molecule has 0 unspecified atom stereocenters. The minimum Gasteiger partial charge on any atom is -0.490 e. The van der Waals surface area contributed by atoms with Crippen molar-refractivity contribution >= 4 is 16.9 Å². The van der Waals surface area contributed by atoms with E-state index in [0.29, 0.717) is 33.6 Å². The second-order valence-electron chi connectivity index (χ2n) is 6.87. The standard InChI is InChI=1S/C22H20FN3O3/c1-12(2)28-18-11-16-19(10-15(18)17-8-9-25-26-17)29-21(20(16)22(27)24-3)13-4-6-14(23)7-5-13/h4-12H,1-3H3,(H,24,27)(H,25,26). The quantitative estimate of drug-likeness (QED) is 0.512. The lowest BCUT2D eigenvalue weighted by atomic mass is 10.0. The van der Waals surface area contributed by atoms with Crippen molar-refractivity contribution in [3.05, 3.63) is 60.0 Å². The van der Waals surface area contributed by atoms with Gasteiger partial charge in [0.25, 0.3) is 5.91 Å². The Kier molecular flexibility index (Phi) is 4.80. The zero-order valence-corrected chi connectivity index (χ0v) is 16.2. The molecule has 0 aliphatic carbocycles. The molecule has 0 fully saturated rings. The topological polar surface area (TPSA) is 80.2 Å². The van der Waals surface area contributed by atoms with Crippen LogP contribution in [-0.4, -0.2) is 29.3 Å². The Labute approximate surface area is 166 Å². The number of fused-ring (bicyclic) bond motifs is 1. The summed E-state index contributed by atoms with van der Waals surface area (Å²) in [5.74, 6) is 0.318. The van der Waals surface area contributed by atoms with Gasteiger partial charge in [0.1, 0.15) is 22.9 Å². The zero-order valence-electron chi connectivity index (χ0n) is 16.2. The van der Waals surface area contributed by atoms with Crippen LogP contribution in [0.25, 0.3) is 33.6 Å². The molecule has 29 heavy (non-hydrogen) atoms. The summed E-state index contributed by atoms with van der Waals surface area (Å²) in [6, 6.07) is 11.3. The number of furan rings is 1. The Hall–Kier alpha value is -3.61. The Morgan fingerprint density at radius 3 is 2.59 bits per heavy atom.